The number of piperidine rings is 1. The van der Waals surface area contributed by atoms with Crippen LogP contribution in [-0.2, 0) is 11.3 Å². The van der Waals surface area contributed by atoms with Crippen molar-refractivity contribution in [3.63, 3.8) is 0 Å². The van der Waals surface area contributed by atoms with Gasteiger partial charge in [-0.25, -0.2) is 0 Å². The summed E-state index contributed by atoms with van der Waals surface area (Å²) in [6.45, 7) is 8.04. The lowest BCUT2D eigenvalue weighted by Crippen LogP contribution is -2.48. The van der Waals surface area contributed by atoms with Crippen LogP contribution in [0.5, 0.6) is 0 Å². The number of guanidine groups is 1. The van der Waals surface area contributed by atoms with Gasteiger partial charge in [-0.2, -0.15) is 0 Å². The van der Waals surface area contributed by atoms with Crippen LogP contribution in [0.4, 0.5) is 0 Å². The van der Waals surface area contributed by atoms with Crippen LogP contribution < -0.4 is 10.6 Å². The standard InChI is InChI=1S/C21H35BrN4O.HI/c1-3-23-21(24-13-5-4-6-16-27-2)25-20-11-14-26(15-12-20)17-18-7-9-19(22)10-8-18;/h7-10,20H,3-6,11-17H2,1-2H3,(H2,23,24,25);1H. The van der Waals surface area contributed by atoms with Crippen molar-refractivity contribution in [2.75, 3.05) is 39.9 Å². The number of ether oxygens (including phenoxy) is 1. The molecule has 160 valence electrons. The van der Waals surface area contributed by atoms with Gasteiger partial charge in [0.2, 0.25) is 0 Å². The maximum absolute atomic E-state index is 5.09. The first-order valence-corrected chi connectivity index (χ1v) is 11.0. The third-order valence-electron chi connectivity index (χ3n) is 4.87. The average Bonchev–Trinajstić information content (AvgIpc) is 2.68. The summed E-state index contributed by atoms with van der Waals surface area (Å²) in [5, 5.41) is 7.02. The van der Waals surface area contributed by atoms with E-state index in [0.29, 0.717) is 6.04 Å². The molecule has 0 bridgehead atoms. The predicted octanol–water partition coefficient (Wildman–Crippen LogP) is 4.40. The number of hydrogen-bond donors (Lipinski definition) is 2. The van der Waals surface area contributed by atoms with Gasteiger partial charge in [-0.3, -0.25) is 9.89 Å². The Morgan fingerprint density at radius 2 is 1.89 bits per heavy atom. The fraction of sp³-hybridized carbons (Fsp3) is 0.667. The smallest absolute Gasteiger partial charge is 0.191 e. The third-order valence-corrected chi connectivity index (χ3v) is 5.40. The summed E-state index contributed by atoms with van der Waals surface area (Å²) in [5.41, 5.74) is 1.38. The molecule has 0 spiro atoms. The van der Waals surface area contributed by atoms with E-state index in [0.717, 1.165) is 75.4 Å². The molecule has 1 aliphatic rings. The van der Waals surface area contributed by atoms with Gasteiger partial charge in [-0.15, -0.1) is 24.0 Å². The fourth-order valence-electron chi connectivity index (χ4n) is 3.32. The number of aliphatic imine (C=N–C) groups is 1. The molecule has 0 saturated carbocycles. The van der Waals surface area contributed by atoms with Crippen molar-refractivity contribution >= 4 is 45.9 Å². The highest BCUT2D eigenvalue weighted by molar-refractivity contribution is 14.0. The first-order chi connectivity index (χ1) is 13.2. The van der Waals surface area contributed by atoms with Crippen LogP contribution in [0.2, 0.25) is 0 Å². The molecule has 1 heterocycles. The van der Waals surface area contributed by atoms with Gasteiger partial charge in [-0.05, 0) is 56.7 Å². The van der Waals surface area contributed by atoms with Crippen molar-refractivity contribution in [2.45, 2.75) is 51.6 Å². The second-order valence-electron chi connectivity index (χ2n) is 7.14. The Morgan fingerprint density at radius 1 is 1.18 bits per heavy atom. The number of halogens is 2. The first-order valence-electron chi connectivity index (χ1n) is 10.2. The molecule has 1 aliphatic heterocycles. The highest BCUT2D eigenvalue weighted by Gasteiger charge is 2.20. The fourth-order valence-corrected chi connectivity index (χ4v) is 3.59. The molecule has 0 atom stereocenters. The zero-order valence-electron chi connectivity index (χ0n) is 17.3. The second-order valence-corrected chi connectivity index (χ2v) is 8.05. The Hall–Kier alpha value is -0.380. The summed E-state index contributed by atoms with van der Waals surface area (Å²) in [6.07, 6.45) is 5.73. The number of nitrogens with zero attached hydrogens (tertiary/aromatic N) is 2. The van der Waals surface area contributed by atoms with Crippen molar-refractivity contribution in [3.8, 4) is 0 Å². The lowest BCUT2D eigenvalue weighted by molar-refractivity contribution is 0.192. The minimum Gasteiger partial charge on any atom is -0.385 e. The molecule has 0 aliphatic carbocycles. The quantitative estimate of drug-likeness (QED) is 0.191. The molecule has 1 aromatic rings. The summed E-state index contributed by atoms with van der Waals surface area (Å²) in [5.74, 6) is 0.968. The Labute approximate surface area is 196 Å². The van der Waals surface area contributed by atoms with Gasteiger partial charge in [0.15, 0.2) is 5.96 Å². The van der Waals surface area contributed by atoms with Crippen molar-refractivity contribution in [1.82, 2.24) is 15.5 Å². The molecular formula is C21H36BrIN4O. The molecule has 1 saturated heterocycles. The second kappa shape index (κ2) is 15.5. The van der Waals surface area contributed by atoms with Gasteiger partial charge in [-0.1, -0.05) is 28.1 Å². The molecule has 5 nitrogen and oxygen atoms in total. The third kappa shape index (κ3) is 10.4. The topological polar surface area (TPSA) is 48.9 Å². The van der Waals surface area contributed by atoms with E-state index in [1.165, 1.54) is 12.0 Å². The lowest BCUT2D eigenvalue weighted by Gasteiger charge is -2.33. The Morgan fingerprint density at radius 3 is 2.54 bits per heavy atom. The largest absolute Gasteiger partial charge is 0.385 e. The molecule has 1 aromatic carbocycles. The number of benzene rings is 1. The van der Waals surface area contributed by atoms with Gasteiger partial charge in [0.05, 0.1) is 0 Å². The highest BCUT2D eigenvalue weighted by Crippen LogP contribution is 2.16. The zero-order valence-corrected chi connectivity index (χ0v) is 21.2. The van der Waals surface area contributed by atoms with Crippen LogP contribution in [-0.4, -0.2) is 56.8 Å². The van der Waals surface area contributed by atoms with E-state index in [-0.39, 0.29) is 24.0 Å². The van der Waals surface area contributed by atoms with Crippen molar-refractivity contribution in [3.05, 3.63) is 34.3 Å². The number of methoxy groups -OCH3 is 1. The van der Waals surface area contributed by atoms with Crippen LogP contribution in [0.3, 0.4) is 0 Å². The summed E-state index contributed by atoms with van der Waals surface area (Å²) >= 11 is 3.50. The van der Waals surface area contributed by atoms with E-state index in [1.54, 1.807) is 7.11 Å². The number of unbranched alkanes of at least 4 members (excludes halogenated alkanes) is 2. The maximum atomic E-state index is 5.09. The Kier molecular flexibility index (Phi) is 14.2. The van der Waals surface area contributed by atoms with Gasteiger partial charge in [0, 0.05) is 57.0 Å². The van der Waals surface area contributed by atoms with Crippen LogP contribution in [0, 0.1) is 0 Å². The van der Waals surface area contributed by atoms with E-state index >= 15 is 0 Å². The molecule has 2 N–H and O–H groups in total. The number of rotatable bonds is 10. The summed E-state index contributed by atoms with van der Waals surface area (Å²) in [4.78, 5) is 7.28. The molecule has 0 unspecified atom stereocenters. The summed E-state index contributed by atoms with van der Waals surface area (Å²) < 4.78 is 6.24. The first kappa shape index (κ1) is 25.7. The average molecular weight is 567 g/mol. The molecule has 2 rings (SSSR count). The van der Waals surface area contributed by atoms with Crippen LogP contribution in [0.15, 0.2) is 33.7 Å². The minimum absolute atomic E-state index is 0. The number of hydrogen-bond acceptors (Lipinski definition) is 3. The SMILES string of the molecule is CCNC(=NCCCCCOC)NC1CCN(Cc2ccc(Br)cc2)CC1.I. The van der Waals surface area contributed by atoms with E-state index in [2.05, 4.69) is 62.7 Å². The molecule has 7 heteroatoms. The minimum atomic E-state index is 0. The van der Waals surface area contributed by atoms with Crippen molar-refractivity contribution in [1.29, 1.82) is 0 Å². The normalized spacial score (nSPS) is 15.9. The van der Waals surface area contributed by atoms with Crippen LogP contribution in [0.25, 0.3) is 0 Å². The number of nitrogens with one attached hydrogen (secondary N) is 2. The molecular weight excluding hydrogens is 531 g/mol. The molecule has 0 amide bonds. The summed E-state index contributed by atoms with van der Waals surface area (Å²) in [7, 11) is 1.76. The van der Waals surface area contributed by atoms with Crippen LogP contribution in [0.1, 0.15) is 44.6 Å². The van der Waals surface area contributed by atoms with E-state index < -0.39 is 0 Å². The van der Waals surface area contributed by atoms with Gasteiger partial charge >= 0.3 is 0 Å². The van der Waals surface area contributed by atoms with Crippen LogP contribution >= 0.6 is 39.9 Å². The number of likely N-dealkylation sites (tertiary alicyclic amines) is 1. The van der Waals surface area contributed by atoms with E-state index in [9.17, 15) is 0 Å². The molecule has 28 heavy (non-hydrogen) atoms. The lowest BCUT2D eigenvalue weighted by atomic mass is 10.0. The predicted molar refractivity (Wildman–Crippen MR) is 133 cm³/mol. The monoisotopic (exact) mass is 566 g/mol. The molecule has 1 fully saturated rings. The zero-order chi connectivity index (χ0) is 19.3. The van der Waals surface area contributed by atoms with Gasteiger partial charge < -0.3 is 15.4 Å². The van der Waals surface area contributed by atoms with Gasteiger partial charge in [0.1, 0.15) is 0 Å². The van der Waals surface area contributed by atoms with E-state index in [1.807, 2.05) is 0 Å². The van der Waals surface area contributed by atoms with Crippen molar-refractivity contribution in [2.24, 2.45) is 4.99 Å². The molecule has 0 aromatic heterocycles. The Bertz CT molecular complexity index is 548. The summed E-state index contributed by atoms with van der Waals surface area (Å²) in [6, 6.07) is 9.17. The highest BCUT2D eigenvalue weighted by atomic mass is 127. The van der Waals surface area contributed by atoms with Crippen molar-refractivity contribution < 1.29 is 4.74 Å². The maximum Gasteiger partial charge on any atom is 0.191 e. The van der Waals surface area contributed by atoms with Gasteiger partial charge in [0.25, 0.3) is 0 Å². The van der Waals surface area contributed by atoms with E-state index in [4.69, 9.17) is 9.73 Å². The molecule has 0 radical (unpaired) electrons. The Balaban J connectivity index is 0.00000392.